The number of halogens is 1. The van der Waals surface area contributed by atoms with Crippen LogP contribution in [0, 0.1) is 5.41 Å². The van der Waals surface area contributed by atoms with E-state index in [9.17, 15) is 8.42 Å². The van der Waals surface area contributed by atoms with E-state index < -0.39 is 10.0 Å². The Morgan fingerprint density at radius 3 is 2.40 bits per heavy atom. The van der Waals surface area contributed by atoms with Crippen LogP contribution < -0.4 is 19.5 Å². The van der Waals surface area contributed by atoms with Crippen LogP contribution >= 0.6 is 12.4 Å². The van der Waals surface area contributed by atoms with Crippen molar-refractivity contribution in [3.63, 3.8) is 0 Å². The van der Waals surface area contributed by atoms with E-state index in [4.69, 9.17) is 14.2 Å². The van der Waals surface area contributed by atoms with Crippen molar-refractivity contribution in [2.24, 2.45) is 5.41 Å². The molecule has 144 valence electrons. The van der Waals surface area contributed by atoms with Gasteiger partial charge < -0.3 is 19.5 Å². The first-order valence-electron chi connectivity index (χ1n) is 7.88. The van der Waals surface area contributed by atoms with Crippen LogP contribution in [0.2, 0.25) is 0 Å². The number of benzene rings is 1. The Labute approximate surface area is 155 Å². The lowest BCUT2D eigenvalue weighted by Gasteiger charge is -2.37. The first-order valence-corrected chi connectivity index (χ1v) is 9.36. The van der Waals surface area contributed by atoms with Crippen molar-refractivity contribution >= 4 is 22.4 Å². The summed E-state index contributed by atoms with van der Waals surface area (Å²) < 4.78 is 43.9. The summed E-state index contributed by atoms with van der Waals surface area (Å²) in [4.78, 5) is 0.0749. The molecule has 2 rings (SSSR count). The molecule has 0 unspecified atom stereocenters. The maximum Gasteiger partial charge on any atom is 0.244 e. The lowest BCUT2D eigenvalue weighted by molar-refractivity contribution is 0.0577. The third kappa shape index (κ3) is 5.46. The number of piperidine rings is 1. The van der Waals surface area contributed by atoms with Crippen molar-refractivity contribution in [3.8, 4) is 11.5 Å². The maximum absolute atomic E-state index is 12.8. The summed E-state index contributed by atoms with van der Waals surface area (Å²) in [5, 5.41) is 3.29. The highest BCUT2D eigenvalue weighted by Crippen LogP contribution is 2.31. The van der Waals surface area contributed by atoms with E-state index in [0.717, 1.165) is 25.9 Å². The lowest BCUT2D eigenvalue weighted by atomic mass is 9.80. The quantitative estimate of drug-likeness (QED) is 0.693. The van der Waals surface area contributed by atoms with Crippen molar-refractivity contribution < 1.29 is 22.6 Å². The smallest absolute Gasteiger partial charge is 0.244 e. The fourth-order valence-electron chi connectivity index (χ4n) is 2.96. The van der Waals surface area contributed by atoms with Crippen LogP contribution in [-0.4, -0.2) is 56.0 Å². The number of methoxy groups -OCH3 is 3. The molecule has 1 aliphatic heterocycles. The monoisotopic (exact) mass is 394 g/mol. The number of nitrogens with one attached hydrogen (secondary N) is 2. The van der Waals surface area contributed by atoms with Gasteiger partial charge in [-0.2, -0.15) is 0 Å². The van der Waals surface area contributed by atoms with E-state index >= 15 is 0 Å². The molecule has 2 N–H and O–H groups in total. The lowest BCUT2D eigenvalue weighted by Crippen LogP contribution is -2.47. The van der Waals surface area contributed by atoms with Crippen molar-refractivity contribution in [2.75, 3.05) is 47.6 Å². The zero-order chi connectivity index (χ0) is 17.6. The van der Waals surface area contributed by atoms with Crippen LogP contribution in [0.1, 0.15) is 12.8 Å². The van der Waals surface area contributed by atoms with Crippen molar-refractivity contribution in [2.45, 2.75) is 17.7 Å². The Balaban J connectivity index is 0.00000312. The topological polar surface area (TPSA) is 85.9 Å². The molecule has 0 atom stereocenters. The average Bonchev–Trinajstić information content (AvgIpc) is 2.61. The highest BCUT2D eigenvalue weighted by molar-refractivity contribution is 7.89. The summed E-state index contributed by atoms with van der Waals surface area (Å²) in [5.41, 5.74) is -0.195. The van der Waals surface area contributed by atoms with Crippen LogP contribution in [0.15, 0.2) is 23.1 Å². The van der Waals surface area contributed by atoms with E-state index in [-0.39, 0.29) is 28.5 Å². The molecule has 1 aromatic carbocycles. The van der Waals surface area contributed by atoms with E-state index in [1.807, 2.05) is 0 Å². The Kier molecular flexibility index (Phi) is 8.43. The van der Waals surface area contributed by atoms with Gasteiger partial charge >= 0.3 is 0 Å². The van der Waals surface area contributed by atoms with Crippen LogP contribution in [0.5, 0.6) is 11.5 Å². The minimum Gasteiger partial charge on any atom is -0.497 e. The Bertz CT molecular complexity index is 642. The molecular weight excluding hydrogens is 368 g/mol. The third-order valence-electron chi connectivity index (χ3n) is 4.41. The standard InChI is InChI=1S/C16H26N2O5S.ClH/c1-21-12-16(6-8-17-9-7-16)11-18-24(19,20)15-10-13(22-2)4-5-14(15)23-3;/h4-5,10,17-18H,6-9,11-12H2,1-3H3;1H. The Morgan fingerprint density at radius 1 is 1.16 bits per heavy atom. The second-order valence-corrected chi connectivity index (χ2v) is 7.76. The van der Waals surface area contributed by atoms with E-state index in [0.29, 0.717) is 18.9 Å². The molecule has 7 nitrogen and oxygen atoms in total. The van der Waals surface area contributed by atoms with Gasteiger partial charge in [-0.05, 0) is 38.1 Å². The fraction of sp³-hybridized carbons (Fsp3) is 0.625. The van der Waals surface area contributed by atoms with E-state index in [1.165, 1.54) is 20.3 Å². The summed E-state index contributed by atoms with van der Waals surface area (Å²) in [5.74, 6) is 0.749. The minimum absolute atomic E-state index is 0. The predicted molar refractivity (Wildman–Crippen MR) is 98.4 cm³/mol. The number of ether oxygens (including phenoxy) is 3. The molecule has 0 aliphatic carbocycles. The SMILES string of the molecule is COCC1(CNS(=O)(=O)c2cc(OC)ccc2OC)CCNCC1.Cl. The molecule has 0 radical (unpaired) electrons. The first kappa shape index (κ1) is 22.0. The van der Waals surface area contributed by atoms with Gasteiger partial charge in [0.1, 0.15) is 16.4 Å². The molecule has 0 saturated carbocycles. The number of hydrogen-bond acceptors (Lipinski definition) is 6. The molecule has 1 aliphatic rings. The summed E-state index contributed by atoms with van der Waals surface area (Å²) in [6.07, 6.45) is 1.72. The molecule has 1 aromatic rings. The predicted octanol–water partition coefficient (Wildman–Crippen LogP) is 1.42. The molecule has 9 heteroatoms. The zero-order valence-electron chi connectivity index (χ0n) is 14.8. The Morgan fingerprint density at radius 2 is 1.84 bits per heavy atom. The number of sulfonamides is 1. The van der Waals surface area contributed by atoms with Crippen molar-refractivity contribution in [1.82, 2.24) is 10.0 Å². The highest BCUT2D eigenvalue weighted by Gasteiger charge is 2.34. The molecule has 0 bridgehead atoms. The number of hydrogen-bond donors (Lipinski definition) is 2. The fourth-order valence-corrected chi connectivity index (χ4v) is 4.29. The molecule has 0 aromatic heterocycles. The van der Waals surface area contributed by atoms with Crippen molar-refractivity contribution in [3.05, 3.63) is 18.2 Å². The largest absolute Gasteiger partial charge is 0.497 e. The molecule has 0 amide bonds. The maximum atomic E-state index is 12.8. The molecule has 0 spiro atoms. The summed E-state index contributed by atoms with van der Waals surface area (Å²) in [6.45, 7) is 2.55. The second-order valence-electron chi connectivity index (χ2n) is 6.02. The molecule has 1 saturated heterocycles. The van der Waals surface area contributed by atoms with Gasteiger partial charge in [-0.1, -0.05) is 0 Å². The van der Waals surface area contributed by atoms with Gasteiger partial charge in [-0.15, -0.1) is 12.4 Å². The van der Waals surface area contributed by atoms with Gasteiger partial charge in [0.2, 0.25) is 10.0 Å². The average molecular weight is 395 g/mol. The summed E-state index contributed by atoms with van der Waals surface area (Å²) in [7, 11) is 0.859. The Hall–Kier alpha value is -1.06. The molecule has 1 heterocycles. The van der Waals surface area contributed by atoms with Gasteiger partial charge in [0, 0.05) is 25.1 Å². The van der Waals surface area contributed by atoms with Gasteiger partial charge in [-0.25, -0.2) is 13.1 Å². The van der Waals surface area contributed by atoms with Gasteiger partial charge in [0.15, 0.2) is 0 Å². The summed E-state index contributed by atoms with van der Waals surface area (Å²) in [6, 6.07) is 4.71. The molecule has 1 fully saturated rings. The van der Waals surface area contributed by atoms with E-state index in [1.54, 1.807) is 19.2 Å². The second kappa shape index (κ2) is 9.59. The minimum atomic E-state index is -3.72. The van der Waals surface area contributed by atoms with E-state index in [2.05, 4.69) is 10.0 Å². The van der Waals surface area contributed by atoms with Gasteiger partial charge in [-0.3, -0.25) is 0 Å². The normalized spacial score (nSPS) is 16.8. The van der Waals surface area contributed by atoms with Gasteiger partial charge in [0.25, 0.3) is 0 Å². The van der Waals surface area contributed by atoms with Gasteiger partial charge in [0.05, 0.1) is 20.8 Å². The number of rotatable bonds is 8. The third-order valence-corrected chi connectivity index (χ3v) is 5.83. The van der Waals surface area contributed by atoms with Crippen LogP contribution in [0.4, 0.5) is 0 Å². The highest BCUT2D eigenvalue weighted by atomic mass is 35.5. The summed E-state index contributed by atoms with van der Waals surface area (Å²) >= 11 is 0. The van der Waals surface area contributed by atoms with Crippen LogP contribution in [0.3, 0.4) is 0 Å². The molecular formula is C16H27ClN2O5S. The van der Waals surface area contributed by atoms with Crippen LogP contribution in [-0.2, 0) is 14.8 Å². The first-order chi connectivity index (χ1) is 11.5. The molecule has 25 heavy (non-hydrogen) atoms. The zero-order valence-corrected chi connectivity index (χ0v) is 16.5. The van der Waals surface area contributed by atoms with Crippen molar-refractivity contribution in [1.29, 1.82) is 0 Å². The van der Waals surface area contributed by atoms with Crippen LogP contribution in [0.25, 0.3) is 0 Å².